The predicted molar refractivity (Wildman–Crippen MR) is 261 cm³/mol. The lowest BCUT2D eigenvalue weighted by Crippen LogP contribution is -2.07. The van der Waals surface area contributed by atoms with Gasteiger partial charge in [0.25, 0.3) is 0 Å². The van der Waals surface area contributed by atoms with E-state index in [2.05, 4.69) is 43.0 Å². The number of hydrogen-bond acceptors (Lipinski definition) is 9. The number of unbranched alkanes of at least 4 members (excludes halogenated alkanes) is 14. The molecule has 9 heteroatoms. The lowest BCUT2D eigenvalue weighted by atomic mass is 10.0. The van der Waals surface area contributed by atoms with Crippen LogP contribution in [0.2, 0.25) is 0 Å². The molecular weight excluding hydrogens is 817 g/mol. The monoisotopic (exact) mass is 887 g/mol. The molecule has 348 valence electrons. The van der Waals surface area contributed by atoms with Crippen LogP contribution >= 0.6 is 0 Å². The first-order chi connectivity index (χ1) is 31.8. The molecule has 5 rings (SSSR count). The Morgan fingerprint density at radius 1 is 0.538 bits per heavy atom. The number of hydrogen-bond donors (Lipinski definition) is 0. The Morgan fingerprint density at radius 2 is 1.06 bits per heavy atom. The zero-order valence-electron chi connectivity index (χ0n) is 39.1. The fourth-order valence-corrected chi connectivity index (χ4v) is 7.92. The molecule has 0 unspecified atom stereocenters. The van der Waals surface area contributed by atoms with E-state index in [9.17, 15) is 14.4 Å². The molecule has 5 aromatic rings. The van der Waals surface area contributed by atoms with Gasteiger partial charge in [-0.15, -0.1) is 0 Å². The highest BCUT2D eigenvalue weighted by molar-refractivity contribution is 5.99. The Morgan fingerprint density at radius 3 is 1.68 bits per heavy atom. The molecule has 0 atom stereocenters. The van der Waals surface area contributed by atoms with Crippen LogP contribution in [0, 0.1) is 6.92 Å². The van der Waals surface area contributed by atoms with Crippen LogP contribution in [0.3, 0.4) is 0 Å². The van der Waals surface area contributed by atoms with Crippen molar-refractivity contribution in [3.05, 3.63) is 120 Å². The maximum Gasteiger partial charge on any atom is 0.338 e. The van der Waals surface area contributed by atoms with Crippen molar-refractivity contribution in [2.75, 3.05) is 33.5 Å². The van der Waals surface area contributed by atoms with Crippen LogP contribution in [0.1, 0.15) is 148 Å². The number of ether oxygens (including phenoxy) is 6. The summed E-state index contributed by atoms with van der Waals surface area (Å²) in [6.45, 7) is 9.97. The maximum absolute atomic E-state index is 12.9. The van der Waals surface area contributed by atoms with Crippen LogP contribution in [-0.4, -0.2) is 51.3 Å². The molecule has 5 aromatic carbocycles. The zero-order chi connectivity index (χ0) is 46.1. The maximum atomic E-state index is 12.9. The van der Waals surface area contributed by atoms with Gasteiger partial charge < -0.3 is 28.4 Å². The summed E-state index contributed by atoms with van der Waals surface area (Å²) in [6, 6.07) is 27.8. The molecule has 0 radical (unpaired) electrons. The van der Waals surface area contributed by atoms with Gasteiger partial charge in [-0.2, -0.15) is 0 Å². The minimum Gasteiger partial charge on any atom is -0.496 e. The van der Waals surface area contributed by atoms with E-state index in [4.69, 9.17) is 28.4 Å². The van der Waals surface area contributed by atoms with E-state index in [1.54, 1.807) is 19.2 Å². The number of carbonyl (C=O) groups is 3. The summed E-state index contributed by atoms with van der Waals surface area (Å²) in [7, 11) is 1.57. The van der Waals surface area contributed by atoms with Crippen molar-refractivity contribution in [3.63, 3.8) is 0 Å². The van der Waals surface area contributed by atoms with Crippen molar-refractivity contribution in [2.45, 2.75) is 130 Å². The molecular formula is C56H70O9. The number of rotatable bonds is 32. The Kier molecular flexibility index (Phi) is 21.7. The van der Waals surface area contributed by atoms with E-state index >= 15 is 0 Å². The van der Waals surface area contributed by atoms with Gasteiger partial charge in [-0.05, 0) is 126 Å². The summed E-state index contributed by atoms with van der Waals surface area (Å²) >= 11 is 0. The van der Waals surface area contributed by atoms with E-state index in [1.807, 2.05) is 50.2 Å². The fraction of sp³-hybridized carbons (Fsp3) is 0.446. The molecule has 0 saturated carbocycles. The van der Waals surface area contributed by atoms with Gasteiger partial charge in [-0.25, -0.2) is 9.59 Å². The van der Waals surface area contributed by atoms with Crippen LogP contribution < -0.4 is 18.9 Å². The minimum absolute atomic E-state index is 0.0226. The lowest BCUT2D eigenvalue weighted by molar-refractivity contribution is -0.137. The van der Waals surface area contributed by atoms with Crippen LogP contribution in [0.15, 0.2) is 97.6 Å². The molecule has 0 aromatic heterocycles. The molecule has 0 aliphatic heterocycles. The van der Waals surface area contributed by atoms with Gasteiger partial charge in [-0.1, -0.05) is 115 Å². The third kappa shape index (κ3) is 17.2. The second-order valence-electron chi connectivity index (χ2n) is 16.8. The number of ketones is 1. The Hall–Kier alpha value is -5.83. The molecule has 9 nitrogen and oxygen atoms in total. The van der Waals surface area contributed by atoms with Gasteiger partial charge in [0.05, 0.1) is 44.7 Å². The van der Waals surface area contributed by atoms with Gasteiger partial charge in [0.15, 0.2) is 5.78 Å². The number of carbonyl (C=O) groups excluding carboxylic acids is 3. The van der Waals surface area contributed by atoms with Crippen molar-refractivity contribution < 1.29 is 42.8 Å². The van der Waals surface area contributed by atoms with E-state index in [1.165, 1.54) is 44.6 Å². The van der Waals surface area contributed by atoms with E-state index in [0.29, 0.717) is 62.1 Å². The number of benzene rings is 5. The normalized spacial score (nSPS) is 11.1. The molecule has 0 amide bonds. The first-order valence-corrected chi connectivity index (χ1v) is 23.9. The number of fused-ring (bicyclic) bond motifs is 2. The smallest absolute Gasteiger partial charge is 0.338 e. The first kappa shape index (κ1) is 50.2. The van der Waals surface area contributed by atoms with Crippen molar-refractivity contribution in [2.24, 2.45) is 0 Å². The zero-order valence-corrected chi connectivity index (χ0v) is 39.1. The SMILES string of the molecule is C=CC(=O)OCCCCCCCCCCOc1ccc2cc(C(=O)OCCCCCCCCCCOc3ccc4cc(COc5ccc(OC)c(C(=O)CC)c5)ccc4c3)cc(C)c2c1. The van der Waals surface area contributed by atoms with Gasteiger partial charge >= 0.3 is 11.9 Å². The Labute approximate surface area is 386 Å². The van der Waals surface area contributed by atoms with Gasteiger partial charge in [0.1, 0.15) is 29.6 Å². The topological polar surface area (TPSA) is 107 Å². The molecule has 0 N–H and O–H groups in total. The lowest BCUT2D eigenvalue weighted by Gasteiger charge is -2.12. The molecule has 0 aliphatic rings. The summed E-state index contributed by atoms with van der Waals surface area (Å²) in [5.74, 6) is 2.35. The number of Topliss-reactive ketones (excluding diaryl/α,β-unsaturated/α-hetero) is 1. The van der Waals surface area contributed by atoms with Crippen molar-refractivity contribution in [3.8, 4) is 23.0 Å². The van der Waals surface area contributed by atoms with Crippen molar-refractivity contribution >= 4 is 39.3 Å². The highest BCUT2D eigenvalue weighted by Crippen LogP contribution is 2.29. The molecule has 0 saturated heterocycles. The third-order valence-corrected chi connectivity index (χ3v) is 11.7. The number of methoxy groups -OCH3 is 1. The van der Waals surface area contributed by atoms with Crippen LogP contribution in [0.25, 0.3) is 21.5 Å². The molecule has 0 aliphatic carbocycles. The minimum atomic E-state index is -0.345. The molecule has 0 bridgehead atoms. The Bertz CT molecular complexity index is 2280. The average Bonchev–Trinajstić information content (AvgIpc) is 3.33. The van der Waals surface area contributed by atoms with E-state index < -0.39 is 0 Å². The quantitative estimate of drug-likeness (QED) is 0.0181. The molecule has 0 heterocycles. The predicted octanol–water partition coefficient (Wildman–Crippen LogP) is 14.1. The van der Waals surface area contributed by atoms with E-state index in [0.717, 1.165) is 108 Å². The first-order valence-electron chi connectivity index (χ1n) is 23.9. The summed E-state index contributed by atoms with van der Waals surface area (Å²) in [6.07, 6.45) is 19.3. The largest absolute Gasteiger partial charge is 0.496 e. The third-order valence-electron chi connectivity index (χ3n) is 11.7. The van der Waals surface area contributed by atoms with Crippen LogP contribution in [0.4, 0.5) is 0 Å². The summed E-state index contributed by atoms with van der Waals surface area (Å²) in [4.78, 5) is 36.3. The average molecular weight is 887 g/mol. The summed E-state index contributed by atoms with van der Waals surface area (Å²) in [5.41, 5.74) is 3.21. The van der Waals surface area contributed by atoms with Gasteiger partial charge in [0, 0.05) is 12.5 Å². The second kappa shape index (κ2) is 28.2. The standard InChI is InChI=1S/C56H70O9/c1-5-53(57)52-40-50(29-30-54(52)60-4)65-41-43-23-24-45-38-48(27-25-44(45)36-43)61-31-19-15-11-8-10-14-18-22-34-64-56(59)47-35-42(3)51-39-49(28-26-46(51)37-47)62-32-20-16-12-7-9-13-17-21-33-63-55(58)6-2/h6,23-30,35-40H,2,5,7-22,31-34,41H2,1,3-4H3. The van der Waals surface area contributed by atoms with Crippen molar-refractivity contribution in [1.82, 2.24) is 0 Å². The highest BCUT2D eigenvalue weighted by atomic mass is 16.5. The summed E-state index contributed by atoms with van der Waals surface area (Å²) < 4.78 is 34.2. The van der Waals surface area contributed by atoms with Gasteiger partial charge in [-0.3, -0.25) is 4.79 Å². The van der Waals surface area contributed by atoms with Crippen LogP contribution in [0.5, 0.6) is 23.0 Å². The number of esters is 2. The second-order valence-corrected chi connectivity index (χ2v) is 16.8. The molecule has 0 fully saturated rings. The van der Waals surface area contributed by atoms with Crippen LogP contribution in [-0.2, 0) is 20.9 Å². The fourth-order valence-electron chi connectivity index (χ4n) is 7.92. The van der Waals surface area contributed by atoms with E-state index in [-0.39, 0.29) is 17.7 Å². The molecule has 0 spiro atoms. The summed E-state index contributed by atoms with van der Waals surface area (Å²) in [5, 5.41) is 4.33. The highest BCUT2D eigenvalue weighted by Gasteiger charge is 2.13. The van der Waals surface area contributed by atoms with Gasteiger partial charge in [0.2, 0.25) is 0 Å². The molecule has 65 heavy (non-hydrogen) atoms. The van der Waals surface area contributed by atoms with Crippen molar-refractivity contribution in [1.29, 1.82) is 0 Å². The Balaban J connectivity index is 0.871. The number of aryl methyl sites for hydroxylation is 1.